The molecule has 1 aliphatic heterocycles. The average molecular weight is 479 g/mol. The lowest BCUT2D eigenvalue weighted by molar-refractivity contribution is -0.160. The Morgan fingerprint density at radius 1 is 1.09 bits per heavy atom. The third-order valence-corrected chi connectivity index (χ3v) is 7.39. The van der Waals surface area contributed by atoms with Gasteiger partial charge in [0.2, 0.25) is 5.91 Å². The SMILES string of the molecule is CCCC1(C(=O)O)CCCN1C(=O)C(C)(C)CNC(=O)OCC1c2ccccc2-c2ccccc21. The van der Waals surface area contributed by atoms with E-state index in [9.17, 15) is 19.5 Å². The zero-order valence-electron chi connectivity index (χ0n) is 20.7. The van der Waals surface area contributed by atoms with Crippen LogP contribution in [0.3, 0.4) is 0 Å². The second-order valence-corrected chi connectivity index (χ2v) is 10.2. The lowest BCUT2D eigenvalue weighted by atomic mass is 9.86. The number of nitrogens with zero attached hydrogens (tertiary/aromatic N) is 1. The van der Waals surface area contributed by atoms with Gasteiger partial charge in [0.05, 0.1) is 5.41 Å². The molecule has 1 unspecified atom stereocenters. The molecule has 1 aliphatic carbocycles. The molecule has 2 aromatic rings. The molecule has 1 fully saturated rings. The number of carbonyl (C=O) groups is 3. The van der Waals surface area contributed by atoms with Crippen molar-refractivity contribution in [3.8, 4) is 11.1 Å². The van der Waals surface area contributed by atoms with E-state index in [-0.39, 0.29) is 25.0 Å². The Kier molecular flexibility index (Phi) is 6.88. The molecule has 0 spiro atoms. The summed E-state index contributed by atoms with van der Waals surface area (Å²) in [6.07, 6.45) is 1.62. The number of alkyl carbamates (subject to hydrolysis) is 1. The van der Waals surface area contributed by atoms with Crippen LogP contribution in [0.4, 0.5) is 4.79 Å². The van der Waals surface area contributed by atoms with Gasteiger partial charge in [-0.15, -0.1) is 0 Å². The highest BCUT2D eigenvalue weighted by molar-refractivity contribution is 5.90. The van der Waals surface area contributed by atoms with Gasteiger partial charge < -0.3 is 20.1 Å². The molecule has 1 atom stereocenters. The van der Waals surface area contributed by atoms with E-state index in [2.05, 4.69) is 29.6 Å². The molecule has 7 nitrogen and oxygen atoms in total. The van der Waals surface area contributed by atoms with Gasteiger partial charge in [-0.3, -0.25) is 4.79 Å². The van der Waals surface area contributed by atoms with E-state index >= 15 is 0 Å². The highest BCUT2D eigenvalue weighted by Crippen LogP contribution is 2.44. The Morgan fingerprint density at radius 2 is 1.69 bits per heavy atom. The Balaban J connectivity index is 1.38. The first-order chi connectivity index (χ1) is 16.7. The first-order valence-corrected chi connectivity index (χ1v) is 12.4. The number of hydrogen-bond acceptors (Lipinski definition) is 4. The standard InChI is InChI=1S/C28H34N2O5/c1-4-14-28(25(32)33)15-9-16-30(28)24(31)27(2,3)18-29-26(34)35-17-23-21-12-7-5-10-19(21)20-11-6-8-13-22(20)23/h5-8,10-13,23H,4,9,14-18H2,1-3H3,(H,29,34)(H,32,33). The predicted molar refractivity (Wildman–Crippen MR) is 133 cm³/mol. The molecule has 2 amide bonds. The number of ether oxygens (including phenoxy) is 1. The molecule has 1 heterocycles. The van der Waals surface area contributed by atoms with E-state index in [4.69, 9.17) is 4.74 Å². The first-order valence-electron chi connectivity index (χ1n) is 12.4. The minimum atomic E-state index is -1.16. The number of rotatable bonds is 8. The van der Waals surface area contributed by atoms with Gasteiger partial charge in [-0.05, 0) is 55.4 Å². The normalized spacial score (nSPS) is 19.2. The Labute approximate surface area is 206 Å². The van der Waals surface area contributed by atoms with Crippen LogP contribution < -0.4 is 5.32 Å². The van der Waals surface area contributed by atoms with E-state index in [0.29, 0.717) is 32.2 Å². The fourth-order valence-corrected chi connectivity index (χ4v) is 5.56. The number of carboxylic acids is 1. The third kappa shape index (κ3) is 4.51. The second kappa shape index (κ2) is 9.72. The first kappa shape index (κ1) is 24.8. The largest absolute Gasteiger partial charge is 0.479 e. The fourth-order valence-electron chi connectivity index (χ4n) is 5.56. The van der Waals surface area contributed by atoms with Crippen LogP contribution in [0.1, 0.15) is 63.5 Å². The maximum atomic E-state index is 13.4. The number of benzene rings is 2. The summed E-state index contributed by atoms with van der Waals surface area (Å²) in [7, 11) is 0. The van der Waals surface area contributed by atoms with Crippen LogP contribution in [-0.2, 0) is 14.3 Å². The number of carbonyl (C=O) groups excluding carboxylic acids is 2. The van der Waals surface area contributed by atoms with Gasteiger partial charge in [-0.25, -0.2) is 9.59 Å². The molecule has 186 valence electrons. The van der Waals surface area contributed by atoms with Gasteiger partial charge in [0.25, 0.3) is 0 Å². The van der Waals surface area contributed by atoms with Gasteiger partial charge in [-0.2, -0.15) is 0 Å². The summed E-state index contributed by atoms with van der Waals surface area (Å²) in [6.45, 7) is 6.06. The Hall–Kier alpha value is -3.35. The van der Waals surface area contributed by atoms with Gasteiger partial charge in [0, 0.05) is 19.0 Å². The van der Waals surface area contributed by atoms with Crippen molar-refractivity contribution in [2.75, 3.05) is 19.7 Å². The third-order valence-electron chi connectivity index (χ3n) is 7.39. The van der Waals surface area contributed by atoms with E-state index in [1.54, 1.807) is 13.8 Å². The van der Waals surface area contributed by atoms with Crippen molar-refractivity contribution in [3.05, 3.63) is 59.7 Å². The highest BCUT2D eigenvalue weighted by Gasteiger charge is 2.51. The van der Waals surface area contributed by atoms with Crippen LogP contribution in [0.15, 0.2) is 48.5 Å². The smallest absolute Gasteiger partial charge is 0.407 e. The number of amides is 2. The summed E-state index contributed by atoms with van der Waals surface area (Å²) in [4.78, 5) is 39.6. The van der Waals surface area contributed by atoms with Crippen LogP contribution >= 0.6 is 0 Å². The average Bonchev–Trinajstić information content (AvgIpc) is 3.41. The molecule has 7 heteroatoms. The highest BCUT2D eigenvalue weighted by atomic mass is 16.5. The van der Waals surface area contributed by atoms with Crippen molar-refractivity contribution in [1.82, 2.24) is 10.2 Å². The number of nitrogens with one attached hydrogen (secondary N) is 1. The summed E-state index contributed by atoms with van der Waals surface area (Å²) < 4.78 is 5.59. The zero-order valence-corrected chi connectivity index (χ0v) is 20.7. The Morgan fingerprint density at radius 3 is 2.26 bits per heavy atom. The van der Waals surface area contributed by atoms with Crippen LogP contribution in [0.25, 0.3) is 11.1 Å². The molecule has 2 N–H and O–H groups in total. The number of fused-ring (bicyclic) bond motifs is 3. The van der Waals surface area contributed by atoms with Crippen LogP contribution in [0.2, 0.25) is 0 Å². The van der Waals surface area contributed by atoms with Gasteiger partial charge in [0.15, 0.2) is 0 Å². The van der Waals surface area contributed by atoms with Crippen LogP contribution in [0, 0.1) is 5.41 Å². The van der Waals surface area contributed by atoms with E-state index in [1.807, 2.05) is 31.2 Å². The van der Waals surface area contributed by atoms with Crippen molar-refractivity contribution in [3.63, 3.8) is 0 Å². The van der Waals surface area contributed by atoms with Crippen molar-refractivity contribution in [2.45, 2.75) is 57.9 Å². The van der Waals surface area contributed by atoms with E-state index in [0.717, 1.165) is 22.3 Å². The Bertz CT molecular complexity index is 1080. The molecule has 35 heavy (non-hydrogen) atoms. The molecular formula is C28H34N2O5. The molecule has 1 saturated heterocycles. The maximum Gasteiger partial charge on any atom is 0.407 e. The quantitative estimate of drug-likeness (QED) is 0.568. The fraction of sp³-hybridized carbons (Fsp3) is 0.464. The molecule has 0 saturated carbocycles. The molecule has 2 aromatic carbocycles. The molecule has 4 rings (SSSR count). The zero-order chi connectivity index (χ0) is 25.2. The van der Waals surface area contributed by atoms with Crippen molar-refractivity contribution in [2.24, 2.45) is 5.41 Å². The second-order valence-electron chi connectivity index (χ2n) is 10.2. The minimum absolute atomic E-state index is 0.0439. The number of carboxylic acid groups (broad SMARTS) is 1. The summed E-state index contributed by atoms with van der Waals surface area (Å²) in [5, 5.41) is 12.7. The summed E-state index contributed by atoms with van der Waals surface area (Å²) in [5.74, 6) is -1.26. The van der Waals surface area contributed by atoms with Crippen molar-refractivity contribution >= 4 is 18.0 Å². The van der Waals surface area contributed by atoms with Crippen LogP contribution in [0.5, 0.6) is 0 Å². The van der Waals surface area contributed by atoms with Gasteiger partial charge >= 0.3 is 12.1 Å². The van der Waals surface area contributed by atoms with Crippen LogP contribution in [-0.4, -0.2) is 53.2 Å². The number of hydrogen-bond donors (Lipinski definition) is 2. The van der Waals surface area contributed by atoms with E-state index < -0.39 is 23.0 Å². The van der Waals surface area contributed by atoms with Crippen molar-refractivity contribution in [1.29, 1.82) is 0 Å². The molecule has 2 aliphatic rings. The van der Waals surface area contributed by atoms with Gasteiger partial charge in [-0.1, -0.05) is 61.9 Å². The van der Waals surface area contributed by atoms with Gasteiger partial charge in [0.1, 0.15) is 12.1 Å². The monoisotopic (exact) mass is 478 g/mol. The summed E-state index contributed by atoms with van der Waals surface area (Å²) in [6, 6.07) is 16.3. The minimum Gasteiger partial charge on any atom is -0.479 e. The number of aliphatic carboxylic acids is 1. The molecule has 0 radical (unpaired) electrons. The molecule has 0 aromatic heterocycles. The van der Waals surface area contributed by atoms with Crippen molar-refractivity contribution < 1.29 is 24.2 Å². The lowest BCUT2D eigenvalue weighted by Gasteiger charge is -2.39. The maximum absolute atomic E-state index is 13.4. The number of likely N-dealkylation sites (tertiary alicyclic amines) is 1. The summed E-state index contributed by atoms with van der Waals surface area (Å²) >= 11 is 0. The predicted octanol–water partition coefficient (Wildman–Crippen LogP) is 4.80. The van der Waals surface area contributed by atoms with E-state index in [1.165, 1.54) is 4.90 Å². The molecular weight excluding hydrogens is 444 g/mol. The lowest BCUT2D eigenvalue weighted by Crippen LogP contribution is -2.57. The topological polar surface area (TPSA) is 95.9 Å². The summed E-state index contributed by atoms with van der Waals surface area (Å²) in [5.41, 5.74) is 2.45. The molecule has 0 bridgehead atoms.